The zero-order valence-corrected chi connectivity index (χ0v) is 8.69. The maximum atomic E-state index is 5.65. The molecule has 0 aliphatic heterocycles. The minimum Gasteiger partial charge on any atom is -0.493 e. The first-order valence-electron chi connectivity index (χ1n) is 5.09. The Morgan fingerprint density at radius 2 is 2.13 bits per heavy atom. The summed E-state index contributed by atoms with van der Waals surface area (Å²) in [4.78, 5) is 0. The first kappa shape index (κ1) is 9.84. The first-order valence-corrected chi connectivity index (χ1v) is 5.09. The Labute approximate surface area is 89.5 Å². The van der Waals surface area contributed by atoms with Crippen molar-refractivity contribution in [1.29, 1.82) is 0 Å². The predicted octanol–water partition coefficient (Wildman–Crippen LogP) is 3.54. The topological polar surface area (TPSA) is 22.4 Å². The van der Waals surface area contributed by atoms with Crippen LogP contribution >= 0.6 is 0 Å². The van der Waals surface area contributed by atoms with Gasteiger partial charge in [-0.05, 0) is 18.6 Å². The number of hydrogen-bond donors (Lipinski definition) is 0. The van der Waals surface area contributed by atoms with Crippen LogP contribution in [0.15, 0.2) is 41.0 Å². The van der Waals surface area contributed by atoms with Gasteiger partial charge in [-0.3, -0.25) is 0 Å². The van der Waals surface area contributed by atoms with Crippen LogP contribution in [0, 0.1) is 6.26 Å². The van der Waals surface area contributed by atoms with Gasteiger partial charge >= 0.3 is 0 Å². The molecule has 2 nitrogen and oxygen atoms in total. The van der Waals surface area contributed by atoms with Gasteiger partial charge in [-0.2, -0.15) is 0 Å². The van der Waals surface area contributed by atoms with Gasteiger partial charge < -0.3 is 9.15 Å². The molecule has 0 bridgehead atoms. The molecule has 2 aromatic rings. The number of rotatable bonds is 4. The highest BCUT2D eigenvalue weighted by atomic mass is 16.5. The van der Waals surface area contributed by atoms with Crippen molar-refractivity contribution >= 4 is 0 Å². The largest absolute Gasteiger partial charge is 0.493 e. The van der Waals surface area contributed by atoms with Crippen LogP contribution in [0.5, 0.6) is 5.75 Å². The summed E-state index contributed by atoms with van der Waals surface area (Å²) in [6.07, 6.45) is 5.44. The van der Waals surface area contributed by atoms with E-state index in [1.807, 2.05) is 30.3 Å². The lowest BCUT2D eigenvalue weighted by Crippen LogP contribution is -1.96. The third-order valence-electron chi connectivity index (χ3n) is 2.11. The molecule has 1 heterocycles. The first-order chi connectivity index (χ1) is 7.42. The molecule has 2 heteroatoms. The average Bonchev–Trinajstić information content (AvgIpc) is 2.80. The van der Waals surface area contributed by atoms with Crippen LogP contribution in [0.2, 0.25) is 0 Å². The summed E-state index contributed by atoms with van der Waals surface area (Å²) >= 11 is 0. The molecule has 0 atom stereocenters. The maximum Gasteiger partial charge on any atom is 0.177 e. The Hall–Kier alpha value is -1.70. The van der Waals surface area contributed by atoms with Crippen molar-refractivity contribution in [3.63, 3.8) is 0 Å². The second kappa shape index (κ2) is 4.69. The molecule has 15 heavy (non-hydrogen) atoms. The van der Waals surface area contributed by atoms with Crippen LogP contribution in [0.4, 0.5) is 0 Å². The van der Waals surface area contributed by atoms with Crippen molar-refractivity contribution in [2.45, 2.75) is 13.3 Å². The van der Waals surface area contributed by atoms with Crippen molar-refractivity contribution in [3.8, 4) is 16.9 Å². The second-order valence-electron chi connectivity index (χ2n) is 3.28. The lowest BCUT2D eigenvalue weighted by atomic mass is 10.1. The smallest absolute Gasteiger partial charge is 0.177 e. The SMILES string of the molecule is CCCOc1ccccc1-c1[c]occ1. The van der Waals surface area contributed by atoms with Crippen molar-refractivity contribution in [2.75, 3.05) is 6.61 Å². The Kier molecular flexibility index (Phi) is 3.08. The van der Waals surface area contributed by atoms with E-state index in [0.29, 0.717) is 0 Å². The highest BCUT2D eigenvalue weighted by Gasteiger charge is 2.06. The fourth-order valence-electron chi connectivity index (χ4n) is 1.41. The summed E-state index contributed by atoms with van der Waals surface area (Å²) < 4.78 is 10.6. The van der Waals surface area contributed by atoms with Gasteiger partial charge in [-0.25, -0.2) is 0 Å². The van der Waals surface area contributed by atoms with E-state index in [0.717, 1.165) is 29.9 Å². The summed E-state index contributed by atoms with van der Waals surface area (Å²) in [6.45, 7) is 2.82. The van der Waals surface area contributed by atoms with Crippen LogP contribution in [0.1, 0.15) is 13.3 Å². The van der Waals surface area contributed by atoms with Crippen molar-refractivity contribution in [2.24, 2.45) is 0 Å². The number of hydrogen-bond acceptors (Lipinski definition) is 2. The Balaban J connectivity index is 2.30. The van der Waals surface area contributed by atoms with E-state index >= 15 is 0 Å². The highest BCUT2D eigenvalue weighted by Crippen LogP contribution is 2.29. The number of furan rings is 1. The monoisotopic (exact) mass is 201 g/mol. The summed E-state index contributed by atoms with van der Waals surface area (Å²) in [5.74, 6) is 0.886. The van der Waals surface area contributed by atoms with Crippen molar-refractivity contribution in [3.05, 3.63) is 42.9 Å². The third-order valence-corrected chi connectivity index (χ3v) is 2.11. The van der Waals surface area contributed by atoms with Crippen LogP contribution in [0.25, 0.3) is 11.1 Å². The van der Waals surface area contributed by atoms with Crippen LogP contribution in [-0.2, 0) is 0 Å². The molecule has 0 amide bonds. The minimum absolute atomic E-state index is 0.731. The summed E-state index contributed by atoms with van der Waals surface area (Å²) in [5, 5.41) is 0. The molecule has 0 spiro atoms. The van der Waals surface area contributed by atoms with Gasteiger partial charge in [0, 0.05) is 11.1 Å². The Morgan fingerprint density at radius 3 is 2.87 bits per heavy atom. The molecule has 1 radical (unpaired) electrons. The third kappa shape index (κ3) is 2.21. The van der Waals surface area contributed by atoms with Crippen molar-refractivity contribution in [1.82, 2.24) is 0 Å². The predicted molar refractivity (Wildman–Crippen MR) is 58.8 cm³/mol. The molecule has 1 aromatic heterocycles. The molecule has 0 unspecified atom stereocenters. The van der Waals surface area contributed by atoms with Gasteiger partial charge in [0.05, 0.1) is 12.9 Å². The number of benzene rings is 1. The maximum absolute atomic E-state index is 5.65. The quantitative estimate of drug-likeness (QED) is 0.755. The fourth-order valence-corrected chi connectivity index (χ4v) is 1.41. The van der Waals surface area contributed by atoms with E-state index in [1.165, 1.54) is 0 Å². The van der Waals surface area contributed by atoms with Crippen LogP contribution < -0.4 is 4.74 Å². The molecule has 0 aliphatic rings. The minimum atomic E-state index is 0.731. The molecule has 0 saturated carbocycles. The molecular formula is C13H13O2. The van der Waals surface area contributed by atoms with Gasteiger partial charge in [-0.15, -0.1) is 0 Å². The van der Waals surface area contributed by atoms with Crippen LogP contribution in [-0.4, -0.2) is 6.61 Å². The summed E-state index contributed by atoms with van der Waals surface area (Å²) in [7, 11) is 0. The van der Waals surface area contributed by atoms with Gasteiger partial charge in [0.2, 0.25) is 0 Å². The van der Waals surface area contributed by atoms with E-state index < -0.39 is 0 Å². The molecule has 77 valence electrons. The number of ether oxygens (including phenoxy) is 1. The molecule has 0 fully saturated rings. The number of para-hydroxylation sites is 1. The van der Waals surface area contributed by atoms with Gasteiger partial charge in [0.15, 0.2) is 6.26 Å². The standard InChI is InChI=1S/C13H13O2/c1-2-8-15-13-6-4-3-5-12(13)11-7-9-14-10-11/h3-7,9H,2,8H2,1H3. The van der Waals surface area contributed by atoms with E-state index in [9.17, 15) is 0 Å². The van der Waals surface area contributed by atoms with E-state index in [-0.39, 0.29) is 0 Å². The fraction of sp³-hybridized carbons (Fsp3) is 0.231. The Morgan fingerprint density at radius 1 is 1.27 bits per heavy atom. The molecule has 0 aliphatic carbocycles. The normalized spacial score (nSPS) is 10.2. The second-order valence-corrected chi connectivity index (χ2v) is 3.28. The zero-order valence-electron chi connectivity index (χ0n) is 8.69. The van der Waals surface area contributed by atoms with E-state index in [2.05, 4.69) is 13.2 Å². The summed E-state index contributed by atoms with van der Waals surface area (Å²) in [6, 6.07) is 9.80. The van der Waals surface area contributed by atoms with Crippen molar-refractivity contribution < 1.29 is 9.15 Å². The molecular weight excluding hydrogens is 188 g/mol. The van der Waals surface area contributed by atoms with E-state index in [4.69, 9.17) is 9.15 Å². The molecule has 0 N–H and O–H groups in total. The lowest BCUT2D eigenvalue weighted by Gasteiger charge is -2.08. The van der Waals surface area contributed by atoms with E-state index in [1.54, 1.807) is 6.26 Å². The zero-order chi connectivity index (χ0) is 10.5. The van der Waals surface area contributed by atoms with Gasteiger partial charge in [-0.1, -0.05) is 25.1 Å². The average molecular weight is 201 g/mol. The van der Waals surface area contributed by atoms with Crippen LogP contribution in [0.3, 0.4) is 0 Å². The molecule has 1 aromatic carbocycles. The Bertz CT molecular complexity index is 404. The molecule has 0 saturated heterocycles. The summed E-state index contributed by atoms with van der Waals surface area (Å²) in [5.41, 5.74) is 1.96. The van der Waals surface area contributed by atoms with Gasteiger partial charge in [0.1, 0.15) is 5.75 Å². The lowest BCUT2D eigenvalue weighted by molar-refractivity contribution is 0.318. The highest BCUT2D eigenvalue weighted by molar-refractivity contribution is 5.68. The molecule has 2 rings (SSSR count). The van der Waals surface area contributed by atoms with Gasteiger partial charge in [0.25, 0.3) is 0 Å².